The second-order valence-corrected chi connectivity index (χ2v) is 5.26. The van der Waals surface area contributed by atoms with Crippen LogP contribution in [0.25, 0.3) is 0 Å². The number of hydrogen-bond donors (Lipinski definition) is 0. The number of hydrogen-bond acceptors (Lipinski definition) is 4. The van der Waals surface area contributed by atoms with Crippen molar-refractivity contribution in [1.29, 1.82) is 0 Å². The van der Waals surface area contributed by atoms with Crippen LogP contribution in [-0.4, -0.2) is 25.0 Å². The van der Waals surface area contributed by atoms with Crippen molar-refractivity contribution in [2.24, 2.45) is 0 Å². The van der Waals surface area contributed by atoms with Gasteiger partial charge in [0, 0.05) is 5.33 Å². The average Bonchev–Trinajstić information content (AvgIpc) is 2.58. The van der Waals surface area contributed by atoms with E-state index in [9.17, 15) is 4.79 Å². The summed E-state index contributed by atoms with van der Waals surface area (Å²) in [5, 5.41) is 0.719. The Bertz CT molecular complexity index is 613. The number of halogens is 1. The third-order valence-electron chi connectivity index (χ3n) is 2.95. The Hall–Kier alpha value is -2.01. The molecule has 5 heteroatoms. The van der Waals surface area contributed by atoms with E-state index in [0.29, 0.717) is 23.7 Å². The summed E-state index contributed by atoms with van der Waals surface area (Å²) < 4.78 is 16.1. The lowest BCUT2D eigenvalue weighted by molar-refractivity contribution is 0.0472. The van der Waals surface area contributed by atoms with Gasteiger partial charge in [-0.1, -0.05) is 46.3 Å². The molecule has 2 rings (SSSR count). The lowest BCUT2D eigenvalue weighted by atomic mass is 10.2. The molecule has 116 valence electrons. The maximum Gasteiger partial charge on any atom is 0.338 e. The molecule has 0 saturated carbocycles. The number of alkyl halides is 1. The van der Waals surface area contributed by atoms with Crippen LogP contribution < -0.4 is 9.47 Å². The minimum Gasteiger partial charge on any atom is -0.493 e. The molecule has 0 atom stereocenters. The molecular weight excluding hydrogens is 348 g/mol. The molecule has 0 amide bonds. The average molecular weight is 365 g/mol. The third kappa shape index (κ3) is 4.49. The molecule has 0 saturated heterocycles. The summed E-state index contributed by atoms with van der Waals surface area (Å²) >= 11 is 3.29. The lowest BCUT2D eigenvalue weighted by Gasteiger charge is -2.11. The predicted octanol–water partition coefficient (Wildman–Crippen LogP) is 3.83. The highest BCUT2D eigenvalue weighted by atomic mass is 79.9. The van der Waals surface area contributed by atoms with Gasteiger partial charge in [-0.3, -0.25) is 0 Å². The van der Waals surface area contributed by atoms with Gasteiger partial charge in [-0.15, -0.1) is 0 Å². The van der Waals surface area contributed by atoms with E-state index in [1.807, 2.05) is 30.3 Å². The van der Waals surface area contributed by atoms with Gasteiger partial charge in [0.2, 0.25) is 0 Å². The van der Waals surface area contributed by atoms with Crippen molar-refractivity contribution in [3.63, 3.8) is 0 Å². The zero-order valence-electron chi connectivity index (χ0n) is 12.3. The molecule has 0 bridgehead atoms. The predicted molar refractivity (Wildman–Crippen MR) is 87.8 cm³/mol. The monoisotopic (exact) mass is 364 g/mol. The first-order valence-corrected chi connectivity index (χ1v) is 7.94. The first kappa shape index (κ1) is 16.4. The highest BCUT2D eigenvalue weighted by Crippen LogP contribution is 2.28. The van der Waals surface area contributed by atoms with Crippen molar-refractivity contribution in [2.45, 2.75) is 6.61 Å². The number of ether oxygens (including phenoxy) is 3. The minimum atomic E-state index is -0.394. The van der Waals surface area contributed by atoms with Crippen LogP contribution in [0.5, 0.6) is 11.5 Å². The van der Waals surface area contributed by atoms with Crippen molar-refractivity contribution in [1.82, 2.24) is 0 Å². The maximum absolute atomic E-state index is 12.1. The minimum absolute atomic E-state index is 0.240. The highest BCUT2D eigenvalue weighted by Gasteiger charge is 2.12. The van der Waals surface area contributed by atoms with Gasteiger partial charge in [-0.05, 0) is 23.8 Å². The summed E-state index contributed by atoms with van der Waals surface area (Å²) in [6.45, 7) is 0.762. The zero-order valence-corrected chi connectivity index (χ0v) is 13.8. The molecule has 0 spiro atoms. The quantitative estimate of drug-likeness (QED) is 0.553. The second kappa shape index (κ2) is 8.44. The Labute approximate surface area is 138 Å². The fourth-order valence-electron chi connectivity index (χ4n) is 1.87. The van der Waals surface area contributed by atoms with E-state index in [4.69, 9.17) is 14.2 Å². The number of esters is 1. The molecule has 0 aromatic heterocycles. The highest BCUT2D eigenvalue weighted by molar-refractivity contribution is 9.09. The molecule has 0 heterocycles. The third-order valence-corrected chi connectivity index (χ3v) is 3.27. The molecule has 0 radical (unpaired) electrons. The SMILES string of the molecule is COc1cc(C(=O)OCc2ccccc2)ccc1OCCBr. The number of carbonyl (C=O) groups is 1. The number of benzene rings is 2. The fourth-order valence-corrected chi connectivity index (χ4v) is 2.03. The van der Waals surface area contributed by atoms with Gasteiger partial charge in [-0.2, -0.15) is 0 Å². The molecule has 0 aliphatic rings. The smallest absolute Gasteiger partial charge is 0.338 e. The van der Waals surface area contributed by atoms with Crippen molar-refractivity contribution in [2.75, 3.05) is 19.0 Å². The maximum atomic E-state index is 12.1. The number of carbonyl (C=O) groups excluding carboxylic acids is 1. The Balaban J connectivity index is 2.03. The Morgan fingerprint density at radius 1 is 1.09 bits per heavy atom. The standard InChI is InChI=1S/C17H17BrO4/c1-20-16-11-14(7-8-15(16)21-10-9-18)17(19)22-12-13-5-3-2-4-6-13/h2-8,11H,9-10,12H2,1H3. The van der Waals surface area contributed by atoms with Gasteiger partial charge in [-0.25, -0.2) is 4.79 Å². The Morgan fingerprint density at radius 3 is 2.55 bits per heavy atom. The largest absolute Gasteiger partial charge is 0.493 e. The Kier molecular flexibility index (Phi) is 6.27. The van der Waals surface area contributed by atoms with Gasteiger partial charge in [0.1, 0.15) is 6.61 Å². The van der Waals surface area contributed by atoms with Crippen LogP contribution >= 0.6 is 15.9 Å². The normalized spacial score (nSPS) is 10.1. The number of methoxy groups -OCH3 is 1. The summed E-state index contributed by atoms with van der Waals surface area (Å²) in [5.74, 6) is 0.714. The van der Waals surface area contributed by atoms with E-state index in [2.05, 4.69) is 15.9 Å². The summed E-state index contributed by atoms with van der Waals surface area (Å²) in [7, 11) is 1.54. The molecular formula is C17H17BrO4. The molecule has 22 heavy (non-hydrogen) atoms. The summed E-state index contributed by atoms with van der Waals surface area (Å²) in [4.78, 5) is 12.1. The first-order chi connectivity index (χ1) is 10.7. The fraction of sp³-hybridized carbons (Fsp3) is 0.235. The lowest BCUT2D eigenvalue weighted by Crippen LogP contribution is -2.06. The van der Waals surface area contributed by atoms with Gasteiger partial charge < -0.3 is 14.2 Å². The molecule has 0 N–H and O–H groups in total. The second-order valence-electron chi connectivity index (χ2n) is 4.46. The number of rotatable bonds is 7. The van der Waals surface area contributed by atoms with Crippen LogP contribution in [0.4, 0.5) is 0 Å². The van der Waals surface area contributed by atoms with Crippen molar-refractivity contribution in [3.05, 3.63) is 59.7 Å². The summed E-state index contributed by atoms with van der Waals surface area (Å²) in [6.07, 6.45) is 0. The molecule has 2 aromatic carbocycles. The van der Waals surface area contributed by atoms with Crippen LogP contribution in [0.3, 0.4) is 0 Å². The van der Waals surface area contributed by atoms with Gasteiger partial charge in [0.15, 0.2) is 11.5 Å². The summed E-state index contributed by atoms with van der Waals surface area (Å²) in [5.41, 5.74) is 1.37. The van der Waals surface area contributed by atoms with E-state index in [-0.39, 0.29) is 6.61 Å². The molecule has 0 aliphatic heterocycles. The summed E-state index contributed by atoms with van der Waals surface area (Å²) in [6, 6.07) is 14.5. The van der Waals surface area contributed by atoms with Crippen LogP contribution in [-0.2, 0) is 11.3 Å². The van der Waals surface area contributed by atoms with Gasteiger partial charge in [0.05, 0.1) is 19.3 Å². The van der Waals surface area contributed by atoms with E-state index in [1.54, 1.807) is 18.2 Å². The van der Waals surface area contributed by atoms with Gasteiger partial charge in [0.25, 0.3) is 0 Å². The van der Waals surface area contributed by atoms with Crippen molar-refractivity contribution >= 4 is 21.9 Å². The Morgan fingerprint density at radius 2 is 1.86 bits per heavy atom. The molecule has 0 aliphatic carbocycles. The molecule has 2 aromatic rings. The van der Waals surface area contributed by atoms with E-state index >= 15 is 0 Å². The van der Waals surface area contributed by atoms with Crippen LogP contribution in [0.15, 0.2) is 48.5 Å². The van der Waals surface area contributed by atoms with Crippen molar-refractivity contribution < 1.29 is 19.0 Å². The van der Waals surface area contributed by atoms with Gasteiger partial charge >= 0.3 is 5.97 Å². The van der Waals surface area contributed by atoms with E-state index in [0.717, 1.165) is 10.9 Å². The van der Waals surface area contributed by atoms with E-state index in [1.165, 1.54) is 7.11 Å². The van der Waals surface area contributed by atoms with E-state index < -0.39 is 5.97 Å². The molecule has 4 nitrogen and oxygen atoms in total. The van der Waals surface area contributed by atoms with Crippen molar-refractivity contribution in [3.8, 4) is 11.5 Å². The van der Waals surface area contributed by atoms with Crippen LogP contribution in [0, 0.1) is 0 Å². The molecule has 0 fully saturated rings. The first-order valence-electron chi connectivity index (χ1n) is 6.82. The topological polar surface area (TPSA) is 44.8 Å². The zero-order chi connectivity index (χ0) is 15.8. The van der Waals surface area contributed by atoms with Crippen LogP contribution in [0.2, 0.25) is 0 Å². The van der Waals surface area contributed by atoms with Crippen LogP contribution in [0.1, 0.15) is 15.9 Å². The molecule has 0 unspecified atom stereocenters.